The number of ether oxygens (including phenoxy) is 1. The number of benzene rings is 2. The zero-order chi connectivity index (χ0) is 13.7. The van der Waals surface area contributed by atoms with Gasteiger partial charge in [-0.2, -0.15) is 0 Å². The van der Waals surface area contributed by atoms with Gasteiger partial charge in [0.1, 0.15) is 12.4 Å². The highest BCUT2D eigenvalue weighted by molar-refractivity contribution is 5.89. The molecule has 0 unspecified atom stereocenters. The molecule has 0 heterocycles. The maximum Gasteiger partial charge on any atom is 0.338 e. The molecule has 0 saturated carbocycles. The summed E-state index contributed by atoms with van der Waals surface area (Å²) in [6.45, 7) is 0.271. The average Bonchev–Trinajstić information content (AvgIpc) is 2.46. The highest BCUT2D eigenvalue weighted by Crippen LogP contribution is 2.11. The predicted octanol–water partition coefficient (Wildman–Crippen LogP) is 2.64. The lowest BCUT2D eigenvalue weighted by Gasteiger charge is -2.06. The largest absolute Gasteiger partial charge is 0.457 e. The molecule has 0 saturated heterocycles. The lowest BCUT2D eigenvalue weighted by atomic mass is 10.1. The van der Waals surface area contributed by atoms with Crippen molar-refractivity contribution in [2.45, 2.75) is 13.2 Å². The molecule has 2 N–H and O–H groups in total. The molecular weight excluding hydrogens is 245 g/mol. The molecule has 98 valence electrons. The molecule has 0 aliphatic rings. The van der Waals surface area contributed by atoms with Crippen LogP contribution in [0.4, 0.5) is 4.39 Å². The van der Waals surface area contributed by atoms with Gasteiger partial charge in [0, 0.05) is 12.1 Å². The SMILES string of the molecule is NCc1cccc(C(=O)OCc2ccccc2F)c1. The summed E-state index contributed by atoms with van der Waals surface area (Å²) in [5.41, 5.74) is 7.12. The summed E-state index contributed by atoms with van der Waals surface area (Å²) in [6, 6.07) is 13.1. The van der Waals surface area contributed by atoms with E-state index in [4.69, 9.17) is 10.5 Å². The molecule has 4 heteroatoms. The third kappa shape index (κ3) is 3.39. The first-order valence-corrected chi connectivity index (χ1v) is 5.90. The van der Waals surface area contributed by atoms with E-state index in [1.165, 1.54) is 6.07 Å². The maximum atomic E-state index is 13.4. The quantitative estimate of drug-likeness (QED) is 0.859. The Morgan fingerprint density at radius 3 is 2.68 bits per heavy atom. The van der Waals surface area contributed by atoms with E-state index in [2.05, 4.69) is 0 Å². The number of carbonyl (C=O) groups excluding carboxylic acids is 1. The van der Waals surface area contributed by atoms with Crippen molar-refractivity contribution in [3.05, 3.63) is 71.0 Å². The smallest absolute Gasteiger partial charge is 0.338 e. The van der Waals surface area contributed by atoms with Crippen LogP contribution in [0.5, 0.6) is 0 Å². The number of rotatable bonds is 4. The second-order valence-electron chi connectivity index (χ2n) is 4.07. The molecule has 3 nitrogen and oxygen atoms in total. The summed E-state index contributed by atoms with van der Waals surface area (Å²) in [5, 5.41) is 0. The molecule has 0 aromatic heterocycles. The van der Waals surface area contributed by atoms with Gasteiger partial charge in [0.05, 0.1) is 5.56 Å². The van der Waals surface area contributed by atoms with Crippen molar-refractivity contribution in [3.63, 3.8) is 0 Å². The summed E-state index contributed by atoms with van der Waals surface area (Å²) in [5.74, 6) is -0.871. The minimum absolute atomic E-state index is 0.0850. The predicted molar refractivity (Wildman–Crippen MR) is 69.9 cm³/mol. The number of nitrogens with two attached hydrogens (primary N) is 1. The van der Waals surface area contributed by atoms with E-state index in [-0.39, 0.29) is 12.4 Å². The van der Waals surface area contributed by atoms with Gasteiger partial charge in [-0.05, 0) is 23.8 Å². The minimum atomic E-state index is -0.487. The van der Waals surface area contributed by atoms with Crippen molar-refractivity contribution in [1.82, 2.24) is 0 Å². The Morgan fingerprint density at radius 2 is 1.95 bits per heavy atom. The molecule has 0 fully saturated rings. The van der Waals surface area contributed by atoms with Crippen LogP contribution in [0.2, 0.25) is 0 Å². The number of hydrogen-bond donors (Lipinski definition) is 1. The highest BCUT2D eigenvalue weighted by Gasteiger charge is 2.09. The van der Waals surface area contributed by atoms with E-state index in [1.54, 1.807) is 36.4 Å². The number of hydrogen-bond acceptors (Lipinski definition) is 3. The maximum absolute atomic E-state index is 13.4. The Bertz CT molecular complexity index is 584. The van der Waals surface area contributed by atoms with Gasteiger partial charge < -0.3 is 10.5 Å². The average molecular weight is 259 g/mol. The second kappa shape index (κ2) is 6.11. The van der Waals surface area contributed by atoms with Crippen LogP contribution < -0.4 is 5.73 Å². The molecule has 0 aliphatic heterocycles. The molecule has 0 bridgehead atoms. The van der Waals surface area contributed by atoms with Gasteiger partial charge in [0.2, 0.25) is 0 Å². The number of halogens is 1. The van der Waals surface area contributed by atoms with Crippen molar-refractivity contribution < 1.29 is 13.9 Å². The zero-order valence-corrected chi connectivity index (χ0v) is 10.3. The van der Waals surface area contributed by atoms with Gasteiger partial charge in [-0.25, -0.2) is 9.18 Å². The van der Waals surface area contributed by atoms with Crippen LogP contribution in [0.25, 0.3) is 0 Å². The molecule has 2 aromatic carbocycles. The fraction of sp³-hybridized carbons (Fsp3) is 0.133. The first kappa shape index (κ1) is 13.2. The normalized spacial score (nSPS) is 10.2. The Kier molecular flexibility index (Phi) is 4.26. The topological polar surface area (TPSA) is 52.3 Å². The molecule has 19 heavy (non-hydrogen) atoms. The van der Waals surface area contributed by atoms with Crippen LogP contribution in [-0.4, -0.2) is 5.97 Å². The van der Waals surface area contributed by atoms with Gasteiger partial charge in [-0.15, -0.1) is 0 Å². The first-order chi connectivity index (χ1) is 9.20. The van der Waals surface area contributed by atoms with Crippen molar-refractivity contribution in [1.29, 1.82) is 0 Å². The summed E-state index contributed by atoms with van der Waals surface area (Å²) in [7, 11) is 0. The minimum Gasteiger partial charge on any atom is -0.457 e. The fourth-order valence-electron chi connectivity index (χ4n) is 1.67. The third-order valence-electron chi connectivity index (χ3n) is 2.71. The summed E-state index contributed by atoms with van der Waals surface area (Å²) < 4.78 is 18.4. The van der Waals surface area contributed by atoms with Gasteiger partial charge in [0.25, 0.3) is 0 Å². The third-order valence-corrected chi connectivity index (χ3v) is 2.71. The van der Waals surface area contributed by atoms with E-state index in [1.807, 2.05) is 6.07 Å². The van der Waals surface area contributed by atoms with E-state index >= 15 is 0 Å². The Balaban J connectivity index is 2.03. The molecule has 0 atom stereocenters. The molecular formula is C15H14FNO2. The van der Waals surface area contributed by atoms with E-state index in [0.29, 0.717) is 17.7 Å². The van der Waals surface area contributed by atoms with Gasteiger partial charge in [-0.3, -0.25) is 0 Å². The van der Waals surface area contributed by atoms with E-state index < -0.39 is 5.97 Å². The van der Waals surface area contributed by atoms with E-state index in [0.717, 1.165) is 5.56 Å². The molecule has 2 rings (SSSR count). The molecule has 0 amide bonds. The Labute approximate surface area is 110 Å². The zero-order valence-electron chi connectivity index (χ0n) is 10.3. The monoisotopic (exact) mass is 259 g/mol. The van der Waals surface area contributed by atoms with Crippen molar-refractivity contribution in [3.8, 4) is 0 Å². The van der Waals surface area contributed by atoms with Crippen molar-refractivity contribution in [2.24, 2.45) is 5.73 Å². The summed E-state index contributed by atoms with van der Waals surface area (Å²) >= 11 is 0. The van der Waals surface area contributed by atoms with Crippen LogP contribution >= 0.6 is 0 Å². The van der Waals surface area contributed by atoms with Crippen LogP contribution in [0.1, 0.15) is 21.5 Å². The van der Waals surface area contributed by atoms with Gasteiger partial charge in [-0.1, -0.05) is 30.3 Å². The van der Waals surface area contributed by atoms with E-state index in [9.17, 15) is 9.18 Å². The Morgan fingerprint density at radius 1 is 1.16 bits per heavy atom. The van der Waals surface area contributed by atoms with Crippen LogP contribution in [-0.2, 0) is 17.9 Å². The number of esters is 1. The second-order valence-corrected chi connectivity index (χ2v) is 4.07. The highest BCUT2D eigenvalue weighted by atomic mass is 19.1. The van der Waals surface area contributed by atoms with Crippen LogP contribution in [0, 0.1) is 5.82 Å². The lowest BCUT2D eigenvalue weighted by Crippen LogP contribution is -2.07. The number of carbonyl (C=O) groups is 1. The van der Waals surface area contributed by atoms with Gasteiger partial charge in [0.15, 0.2) is 0 Å². The molecule has 0 radical (unpaired) electrons. The molecule has 2 aromatic rings. The van der Waals surface area contributed by atoms with Crippen LogP contribution in [0.15, 0.2) is 48.5 Å². The summed E-state index contributed by atoms with van der Waals surface area (Å²) in [4.78, 5) is 11.8. The lowest BCUT2D eigenvalue weighted by molar-refractivity contribution is 0.0469. The summed E-state index contributed by atoms with van der Waals surface area (Å²) in [6.07, 6.45) is 0. The molecule has 0 aliphatic carbocycles. The first-order valence-electron chi connectivity index (χ1n) is 5.90. The standard InChI is InChI=1S/C15H14FNO2/c16-14-7-2-1-5-13(14)10-19-15(18)12-6-3-4-11(8-12)9-17/h1-8H,9-10,17H2. The fourth-order valence-corrected chi connectivity index (χ4v) is 1.67. The van der Waals surface area contributed by atoms with Gasteiger partial charge >= 0.3 is 5.97 Å². The van der Waals surface area contributed by atoms with Crippen molar-refractivity contribution in [2.75, 3.05) is 0 Å². The Hall–Kier alpha value is -2.20. The van der Waals surface area contributed by atoms with Crippen LogP contribution in [0.3, 0.4) is 0 Å². The molecule has 0 spiro atoms. The van der Waals surface area contributed by atoms with Crippen molar-refractivity contribution >= 4 is 5.97 Å².